The van der Waals surface area contributed by atoms with Crippen LogP contribution in [0.3, 0.4) is 0 Å². The van der Waals surface area contributed by atoms with Crippen LogP contribution in [-0.2, 0) is 5.41 Å². The summed E-state index contributed by atoms with van der Waals surface area (Å²) in [6.45, 7) is 4.70. The average molecular weight is 882 g/mol. The lowest BCUT2D eigenvalue weighted by molar-refractivity contribution is 0.489. The molecule has 0 radical (unpaired) electrons. The molecule has 0 amide bonds. The zero-order chi connectivity index (χ0) is 46.1. The van der Waals surface area contributed by atoms with Crippen LogP contribution in [-0.4, -0.2) is 0 Å². The van der Waals surface area contributed by atoms with Crippen LogP contribution in [0.2, 0.25) is 0 Å². The Balaban J connectivity index is 0.844. The Morgan fingerprint density at radius 1 is 0.290 bits per heavy atom. The van der Waals surface area contributed by atoms with E-state index in [0.29, 0.717) is 0 Å². The van der Waals surface area contributed by atoms with E-state index in [1.54, 1.807) is 0 Å². The first kappa shape index (κ1) is 40.5. The Morgan fingerprint density at radius 3 is 1.41 bits per heavy atom. The number of hydrogen-bond donors (Lipinski definition) is 0. The van der Waals surface area contributed by atoms with Crippen LogP contribution in [0.15, 0.2) is 249 Å². The van der Waals surface area contributed by atoms with E-state index in [9.17, 15) is 0 Å². The predicted octanol–water partition coefficient (Wildman–Crippen LogP) is 18.7. The third kappa shape index (κ3) is 6.95. The SMILES string of the molecule is CC1(C)c2ccccc2-c2ccc(N(c3ccc(-c4ccccc4)cc3)c3ccc(-c4ccc(-c5ccc6c(c5)-c5cc7ccccc7cc5-c5cccc(-c7ccccc7)c5O6)cc4)cc3)cc21. The van der Waals surface area contributed by atoms with Gasteiger partial charge in [0, 0.05) is 39.2 Å². The smallest absolute Gasteiger partial charge is 0.143 e. The van der Waals surface area contributed by atoms with Gasteiger partial charge >= 0.3 is 0 Å². The molecule has 0 fully saturated rings. The first-order valence-corrected chi connectivity index (χ1v) is 23.9. The molecule has 0 bridgehead atoms. The number of rotatable bonds is 7. The second-order valence-corrected chi connectivity index (χ2v) is 18.9. The van der Waals surface area contributed by atoms with E-state index >= 15 is 0 Å². The van der Waals surface area contributed by atoms with Crippen LogP contribution in [0, 0.1) is 0 Å². The van der Waals surface area contributed by atoms with E-state index in [1.165, 1.54) is 66.4 Å². The van der Waals surface area contributed by atoms with Crippen molar-refractivity contribution in [3.05, 3.63) is 260 Å². The number of anilines is 3. The number of hydrogen-bond acceptors (Lipinski definition) is 2. The summed E-state index contributed by atoms with van der Waals surface area (Å²) >= 11 is 0. The molecule has 0 aromatic heterocycles. The van der Waals surface area contributed by atoms with Gasteiger partial charge in [0.25, 0.3) is 0 Å². The molecule has 2 heteroatoms. The average Bonchev–Trinajstić information content (AvgIpc) is 3.55. The number of nitrogens with zero attached hydrogens (tertiary/aromatic N) is 1. The highest BCUT2D eigenvalue weighted by Crippen LogP contribution is 2.53. The summed E-state index contributed by atoms with van der Waals surface area (Å²) in [5.74, 6) is 1.73. The first-order chi connectivity index (χ1) is 33.9. The van der Waals surface area contributed by atoms with Crippen LogP contribution >= 0.6 is 0 Å². The highest BCUT2D eigenvalue weighted by atomic mass is 16.5. The van der Waals surface area contributed by atoms with Gasteiger partial charge in [0.15, 0.2) is 0 Å². The topological polar surface area (TPSA) is 12.5 Å². The molecule has 326 valence electrons. The van der Waals surface area contributed by atoms with Crippen molar-refractivity contribution in [3.8, 4) is 89.4 Å². The summed E-state index contributed by atoms with van der Waals surface area (Å²) in [6.07, 6.45) is 0. The summed E-state index contributed by atoms with van der Waals surface area (Å²) in [5.41, 5.74) is 22.4. The quantitative estimate of drug-likeness (QED) is 0.158. The van der Waals surface area contributed by atoms with Crippen molar-refractivity contribution in [2.75, 3.05) is 4.90 Å². The van der Waals surface area contributed by atoms with Crippen LogP contribution in [0.1, 0.15) is 25.0 Å². The molecule has 1 heterocycles. The lowest BCUT2D eigenvalue weighted by atomic mass is 9.82. The Morgan fingerprint density at radius 2 is 0.754 bits per heavy atom. The van der Waals surface area contributed by atoms with Crippen molar-refractivity contribution in [3.63, 3.8) is 0 Å². The summed E-state index contributed by atoms with van der Waals surface area (Å²) in [7, 11) is 0. The summed E-state index contributed by atoms with van der Waals surface area (Å²) in [5, 5.41) is 2.41. The van der Waals surface area contributed by atoms with E-state index in [2.05, 4.69) is 267 Å². The van der Waals surface area contributed by atoms with Gasteiger partial charge in [-0.05, 0) is 144 Å². The van der Waals surface area contributed by atoms with Crippen molar-refractivity contribution in [2.45, 2.75) is 19.3 Å². The van der Waals surface area contributed by atoms with Crippen LogP contribution in [0.5, 0.6) is 11.5 Å². The number of ether oxygens (including phenoxy) is 1. The Kier molecular flexibility index (Phi) is 9.55. The molecule has 2 aliphatic rings. The van der Waals surface area contributed by atoms with Gasteiger partial charge in [0.2, 0.25) is 0 Å². The molecule has 11 aromatic rings. The first-order valence-electron chi connectivity index (χ1n) is 23.9. The highest BCUT2D eigenvalue weighted by Gasteiger charge is 2.36. The fourth-order valence-electron chi connectivity index (χ4n) is 10.9. The Labute approximate surface area is 404 Å². The minimum atomic E-state index is -0.106. The van der Waals surface area contributed by atoms with Gasteiger partial charge in [-0.25, -0.2) is 0 Å². The predicted molar refractivity (Wildman–Crippen MR) is 289 cm³/mol. The molecule has 0 saturated heterocycles. The molecular weight excluding hydrogens is 835 g/mol. The number of fused-ring (bicyclic) bond motifs is 9. The minimum absolute atomic E-state index is 0.106. The largest absolute Gasteiger partial charge is 0.455 e. The lowest BCUT2D eigenvalue weighted by Gasteiger charge is -2.28. The molecule has 1 aliphatic heterocycles. The van der Waals surface area contributed by atoms with Crippen molar-refractivity contribution >= 4 is 27.8 Å². The highest BCUT2D eigenvalue weighted by molar-refractivity contribution is 6.02. The van der Waals surface area contributed by atoms with Crippen molar-refractivity contribution in [1.82, 2.24) is 0 Å². The maximum atomic E-state index is 7.01. The second-order valence-electron chi connectivity index (χ2n) is 18.9. The number of para-hydroxylation sites is 1. The monoisotopic (exact) mass is 881 g/mol. The van der Waals surface area contributed by atoms with Crippen molar-refractivity contribution in [1.29, 1.82) is 0 Å². The maximum absolute atomic E-state index is 7.01. The molecular formula is C67H47NO. The van der Waals surface area contributed by atoms with Crippen molar-refractivity contribution < 1.29 is 4.74 Å². The normalized spacial score (nSPS) is 12.7. The van der Waals surface area contributed by atoms with Gasteiger partial charge < -0.3 is 9.64 Å². The molecule has 11 aromatic carbocycles. The fourth-order valence-corrected chi connectivity index (χ4v) is 10.9. The van der Waals surface area contributed by atoms with Crippen molar-refractivity contribution in [2.24, 2.45) is 0 Å². The second kappa shape index (κ2) is 16.3. The molecule has 0 saturated carbocycles. The van der Waals surface area contributed by atoms with Gasteiger partial charge in [-0.3, -0.25) is 0 Å². The minimum Gasteiger partial charge on any atom is -0.455 e. The molecule has 0 atom stereocenters. The summed E-state index contributed by atoms with van der Waals surface area (Å²) < 4.78 is 7.01. The maximum Gasteiger partial charge on any atom is 0.143 e. The van der Waals surface area contributed by atoms with Crippen LogP contribution < -0.4 is 9.64 Å². The van der Waals surface area contributed by atoms with Gasteiger partial charge in [-0.2, -0.15) is 0 Å². The molecule has 69 heavy (non-hydrogen) atoms. The molecule has 0 spiro atoms. The summed E-state index contributed by atoms with van der Waals surface area (Å²) in [6, 6.07) is 90.4. The van der Waals surface area contributed by atoms with Gasteiger partial charge in [0.05, 0.1) is 0 Å². The third-order valence-electron chi connectivity index (χ3n) is 14.5. The zero-order valence-electron chi connectivity index (χ0n) is 38.5. The molecule has 13 rings (SSSR count). The molecule has 0 unspecified atom stereocenters. The molecule has 0 N–H and O–H groups in total. The fraction of sp³-hybridized carbons (Fsp3) is 0.0448. The van der Waals surface area contributed by atoms with Gasteiger partial charge in [0.1, 0.15) is 11.5 Å². The summed E-state index contributed by atoms with van der Waals surface area (Å²) in [4.78, 5) is 2.39. The van der Waals surface area contributed by atoms with E-state index in [1.807, 2.05) is 0 Å². The Bertz CT molecular complexity index is 3740. The van der Waals surface area contributed by atoms with E-state index in [4.69, 9.17) is 4.74 Å². The number of benzene rings is 11. The van der Waals surface area contributed by atoms with Crippen LogP contribution in [0.4, 0.5) is 17.1 Å². The van der Waals surface area contributed by atoms with Crippen LogP contribution in [0.25, 0.3) is 88.7 Å². The van der Waals surface area contributed by atoms with E-state index in [0.717, 1.165) is 61.9 Å². The van der Waals surface area contributed by atoms with E-state index in [-0.39, 0.29) is 5.41 Å². The molecule has 1 aliphatic carbocycles. The standard InChI is InChI=1S/C67H47NO/c1-67(2)63-23-12-11-20-57(63)58-38-37-55(43-64(58)67)68(53-33-28-46(29-34-53)44-14-5-3-6-15-44)54-35-30-47(31-36-54)45-24-26-48(27-25-45)52-32-39-65-62(42-52)61-41-51-19-10-9-18-50(51)40-60(61)59-22-13-21-56(66(59)69-65)49-16-7-4-8-17-49/h3-43H,1-2H3. The Hall–Kier alpha value is -8.72. The van der Waals surface area contributed by atoms with Gasteiger partial charge in [-0.1, -0.05) is 202 Å². The van der Waals surface area contributed by atoms with E-state index < -0.39 is 0 Å². The van der Waals surface area contributed by atoms with Gasteiger partial charge in [-0.15, -0.1) is 0 Å². The zero-order valence-corrected chi connectivity index (χ0v) is 38.5. The third-order valence-corrected chi connectivity index (χ3v) is 14.5. The lowest BCUT2D eigenvalue weighted by Crippen LogP contribution is -2.16. The molecule has 2 nitrogen and oxygen atoms in total.